The van der Waals surface area contributed by atoms with Crippen molar-refractivity contribution < 1.29 is 0 Å². The molecule has 0 aliphatic heterocycles. The number of fused-ring (bicyclic) bond motifs is 1. The molecule has 0 saturated heterocycles. The molecular formula is C14H16N4. The van der Waals surface area contributed by atoms with Gasteiger partial charge in [0.2, 0.25) is 0 Å². The van der Waals surface area contributed by atoms with Gasteiger partial charge in [0, 0.05) is 24.0 Å². The van der Waals surface area contributed by atoms with E-state index in [2.05, 4.69) is 27.2 Å². The van der Waals surface area contributed by atoms with Gasteiger partial charge >= 0.3 is 0 Å². The van der Waals surface area contributed by atoms with Gasteiger partial charge in [0.15, 0.2) is 5.82 Å². The monoisotopic (exact) mass is 240 g/mol. The second kappa shape index (κ2) is 4.72. The van der Waals surface area contributed by atoms with Gasteiger partial charge in [-0.3, -0.25) is 4.98 Å². The minimum atomic E-state index is 0.729. The Morgan fingerprint density at radius 1 is 1.22 bits per heavy atom. The summed E-state index contributed by atoms with van der Waals surface area (Å²) in [6, 6.07) is 5.82. The summed E-state index contributed by atoms with van der Waals surface area (Å²) in [6.45, 7) is 2.97. The number of rotatable bonds is 3. The summed E-state index contributed by atoms with van der Waals surface area (Å²) in [6.07, 6.45) is 5.09. The van der Waals surface area contributed by atoms with E-state index in [1.54, 1.807) is 6.20 Å². The lowest BCUT2D eigenvalue weighted by Gasteiger charge is -2.10. The van der Waals surface area contributed by atoms with Crippen LogP contribution in [0.5, 0.6) is 0 Å². The van der Waals surface area contributed by atoms with Crippen molar-refractivity contribution in [3.8, 4) is 11.5 Å². The van der Waals surface area contributed by atoms with Crippen molar-refractivity contribution >= 4 is 5.82 Å². The summed E-state index contributed by atoms with van der Waals surface area (Å²) >= 11 is 0. The lowest BCUT2D eigenvalue weighted by molar-refractivity contribution is 0.899. The summed E-state index contributed by atoms with van der Waals surface area (Å²) in [4.78, 5) is 13.6. The summed E-state index contributed by atoms with van der Waals surface area (Å²) in [5.74, 6) is 1.72. The molecule has 0 amide bonds. The normalized spacial score (nSPS) is 13.4. The Morgan fingerprint density at radius 3 is 2.94 bits per heavy atom. The second-order valence-corrected chi connectivity index (χ2v) is 4.42. The van der Waals surface area contributed by atoms with E-state index in [1.165, 1.54) is 17.7 Å². The first kappa shape index (κ1) is 11.1. The molecular weight excluding hydrogens is 224 g/mol. The Kier molecular flexibility index (Phi) is 2.92. The molecule has 92 valence electrons. The SMILES string of the molecule is CCNc1nc(-c2ccccn2)nc2c1CCC2. The molecule has 4 nitrogen and oxygen atoms in total. The summed E-state index contributed by atoms with van der Waals surface area (Å²) in [5, 5.41) is 3.34. The molecule has 1 N–H and O–H groups in total. The third kappa shape index (κ3) is 1.94. The second-order valence-electron chi connectivity index (χ2n) is 4.42. The molecule has 2 aromatic rings. The van der Waals surface area contributed by atoms with Crippen LogP contribution in [0.1, 0.15) is 24.6 Å². The third-order valence-electron chi connectivity index (χ3n) is 3.17. The highest BCUT2D eigenvalue weighted by atomic mass is 15.0. The van der Waals surface area contributed by atoms with Gasteiger partial charge in [-0.15, -0.1) is 0 Å². The summed E-state index contributed by atoms with van der Waals surface area (Å²) in [5.41, 5.74) is 3.31. The third-order valence-corrected chi connectivity index (χ3v) is 3.17. The number of anilines is 1. The average Bonchev–Trinajstić information content (AvgIpc) is 2.88. The van der Waals surface area contributed by atoms with Crippen LogP contribution in [0.2, 0.25) is 0 Å². The highest BCUT2D eigenvalue weighted by Crippen LogP contribution is 2.28. The molecule has 1 aliphatic carbocycles. The van der Waals surface area contributed by atoms with Crippen LogP contribution in [0.25, 0.3) is 11.5 Å². The van der Waals surface area contributed by atoms with E-state index < -0.39 is 0 Å². The number of pyridine rings is 1. The number of nitrogens with zero attached hydrogens (tertiary/aromatic N) is 3. The Labute approximate surface area is 107 Å². The maximum Gasteiger partial charge on any atom is 0.180 e. The Morgan fingerprint density at radius 2 is 2.17 bits per heavy atom. The summed E-state index contributed by atoms with van der Waals surface area (Å²) < 4.78 is 0. The fourth-order valence-electron chi connectivity index (χ4n) is 2.36. The van der Waals surface area contributed by atoms with Crippen molar-refractivity contribution in [2.24, 2.45) is 0 Å². The molecule has 0 fully saturated rings. The van der Waals surface area contributed by atoms with E-state index in [-0.39, 0.29) is 0 Å². The lowest BCUT2D eigenvalue weighted by Crippen LogP contribution is -2.07. The van der Waals surface area contributed by atoms with Crippen LogP contribution in [-0.2, 0) is 12.8 Å². The maximum atomic E-state index is 4.65. The van der Waals surface area contributed by atoms with Gasteiger partial charge in [0.25, 0.3) is 0 Å². The van der Waals surface area contributed by atoms with Crippen molar-refractivity contribution in [2.45, 2.75) is 26.2 Å². The number of aromatic nitrogens is 3. The van der Waals surface area contributed by atoms with Crippen molar-refractivity contribution in [3.63, 3.8) is 0 Å². The van der Waals surface area contributed by atoms with E-state index in [1.807, 2.05) is 18.2 Å². The molecule has 0 spiro atoms. The zero-order chi connectivity index (χ0) is 12.4. The van der Waals surface area contributed by atoms with Gasteiger partial charge < -0.3 is 5.32 Å². The van der Waals surface area contributed by atoms with Gasteiger partial charge in [-0.2, -0.15) is 0 Å². The Balaban J connectivity index is 2.09. The molecule has 0 atom stereocenters. The predicted molar refractivity (Wildman–Crippen MR) is 71.5 cm³/mol. The van der Waals surface area contributed by atoms with Gasteiger partial charge in [-0.25, -0.2) is 9.97 Å². The average molecular weight is 240 g/mol. The molecule has 1 aliphatic rings. The molecule has 18 heavy (non-hydrogen) atoms. The molecule has 0 aromatic carbocycles. The van der Waals surface area contributed by atoms with Gasteiger partial charge in [0.1, 0.15) is 11.5 Å². The van der Waals surface area contributed by atoms with Crippen molar-refractivity contribution in [1.82, 2.24) is 15.0 Å². The van der Waals surface area contributed by atoms with Crippen molar-refractivity contribution in [3.05, 3.63) is 35.7 Å². The van der Waals surface area contributed by atoms with E-state index in [0.717, 1.165) is 36.7 Å². The highest BCUT2D eigenvalue weighted by molar-refractivity contribution is 5.57. The molecule has 3 rings (SSSR count). The largest absolute Gasteiger partial charge is 0.370 e. The van der Waals surface area contributed by atoms with E-state index in [0.29, 0.717) is 0 Å². The highest BCUT2D eigenvalue weighted by Gasteiger charge is 2.19. The van der Waals surface area contributed by atoms with Crippen LogP contribution in [0.4, 0.5) is 5.82 Å². The van der Waals surface area contributed by atoms with E-state index in [9.17, 15) is 0 Å². The van der Waals surface area contributed by atoms with Crippen LogP contribution in [-0.4, -0.2) is 21.5 Å². The summed E-state index contributed by atoms with van der Waals surface area (Å²) in [7, 11) is 0. The van der Waals surface area contributed by atoms with Crippen molar-refractivity contribution in [1.29, 1.82) is 0 Å². The molecule has 0 radical (unpaired) electrons. The number of hydrogen-bond acceptors (Lipinski definition) is 4. The number of hydrogen-bond donors (Lipinski definition) is 1. The first-order valence-electron chi connectivity index (χ1n) is 6.43. The first-order chi connectivity index (χ1) is 8.88. The predicted octanol–water partition coefficient (Wildman–Crippen LogP) is 2.46. The number of nitrogens with one attached hydrogen (secondary N) is 1. The van der Waals surface area contributed by atoms with Crippen LogP contribution in [0.15, 0.2) is 24.4 Å². The number of aryl methyl sites for hydroxylation is 1. The standard InChI is InChI=1S/C14H16N4/c1-2-15-13-10-6-5-8-11(10)17-14(18-13)12-7-3-4-9-16-12/h3-4,7,9H,2,5-6,8H2,1H3,(H,15,17,18). The van der Waals surface area contributed by atoms with Crippen LogP contribution >= 0.6 is 0 Å². The Hall–Kier alpha value is -1.97. The van der Waals surface area contributed by atoms with Crippen LogP contribution in [0, 0.1) is 0 Å². The molecule has 0 bridgehead atoms. The smallest absolute Gasteiger partial charge is 0.180 e. The topological polar surface area (TPSA) is 50.7 Å². The van der Waals surface area contributed by atoms with E-state index >= 15 is 0 Å². The lowest BCUT2D eigenvalue weighted by atomic mass is 10.2. The van der Waals surface area contributed by atoms with Gasteiger partial charge in [-0.05, 0) is 38.3 Å². The maximum absolute atomic E-state index is 4.65. The zero-order valence-electron chi connectivity index (χ0n) is 10.5. The quantitative estimate of drug-likeness (QED) is 0.895. The van der Waals surface area contributed by atoms with Gasteiger partial charge in [-0.1, -0.05) is 6.07 Å². The van der Waals surface area contributed by atoms with Crippen LogP contribution in [0.3, 0.4) is 0 Å². The zero-order valence-corrected chi connectivity index (χ0v) is 10.5. The van der Waals surface area contributed by atoms with Crippen molar-refractivity contribution in [2.75, 3.05) is 11.9 Å². The molecule has 2 heterocycles. The first-order valence-corrected chi connectivity index (χ1v) is 6.43. The Bertz CT molecular complexity index is 551. The fraction of sp³-hybridized carbons (Fsp3) is 0.357. The molecule has 0 unspecified atom stereocenters. The van der Waals surface area contributed by atoms with Crippen LogP contribution < -0.4 is 5.32 Å². The van der Waals surface area contributed by atoms with Gasteiger partial charge in [0.05, 0.1) is 0 Å². The minimum absolute atomic E-state index is 0.729. The molecule has 2 aromatic heterocycles. The molecule has 0 saturated carbocycles. The minimum Gasteiger partial charge on any atom is -0.370 e. The van der Waals surface area contributed by atoms with E-state index in [4.69, 9.17) is 0 Å². The molecule has 4 heteroatoms. The fourth-order valence-corrected chi connectivity index (χ4v) is 2.36.